The number of nitrogens with one attached hydrogen (secondary N) is 1. The molecular formula is C20H25N3O4. The predicted molar refractivity (Wildman–Crippen MR) is 101 cm³/mol. The van der Waals surface area contributed by atoms with Gasteiger partial charge < -0.3 is 20.3 Å². The van der Waals surface area contributed by atoms with Crippen molar-refractivity contribution in [2.75, 3.05) is 13.7 Å². The van der Waals surface area contributed by atoms with Crippen molar-refractivity contribution < 1.29 is 19.7 Å². The van der Waals surface area contributed by atoms with Gasteiger partial charge in [-0.15, -0.1) is 0 Å². The summed E-state index contributed by atoms with van der Waals surface area (Å²) in [7, 11) is 1.61. The van der Waals surface area contributed by atoms with Crippen LogP contribution in [0.2, 0.25) is 0 Å². The fraction of sp³-hybridized carbons (Fsp3) is 0.500. The van der Waals surface area contributed by atoms with Crippen molar-refractivity contribution >= 4 is 17.0 Å². The third kappa shape index (κ3) is 3.57. The summed E-state index contributed by atoms with van der Waals surface area (Å²) in [5, 5.41) is 23.5. The van der Waals surface area contributed by atoms with Crippen LogP contribution in [-0.4, -0.2) is 58.0 Å². The molecule has 3 N–H and O–H groups in total. The molecule has 0 saturated carbocycles. The molecule has 2 fully saturated rings. The molecule has 4 rings (SSSR count). The first-order chi connectivity index (χ1) is 13.0. The predicted octanol–water partition coefficient (Wildman–Crippen LogP) is 2.54. The molecule has 0 aliphatic carbocycles. The quantitative estimate of drug-likeness (QED) is 0.748. The maximum absolute atomic E-state index is 11.0. The van der Waals surface area contributed by atoms with Crippen molar-refractivity contribution in [2.24, 2.45) is 0 Å². The Morgan fingerprint density at radius 3 is 2.78 bits per heavy atom. The molecule has 0 spiro atoms. The summed E-state index contributed by atoms with van der Waals surface area (Å²) < 4.78 is 5.29. The van der Waals surface area contributed by atoms with Crippen molar-refractivity contribution in [2.45, 2.75) is 49.9 Å². The zero-order chi connectivity index (χ0) is 19.0. The molecular weight excluding hydrogens is 346 g/mol. The lowest BCUT2D eigenvalue weighted by atomic mass is 9.95. The number of rotatable bonds is 5. The van der Waals surface area contributed by atoms with Crippen LogP contribution >= 0.6 is 0 Å². The van der Waals surface area contributed by atoms with Gasteiger partial charge in [-0.25, -0.2) is 4.79 Å². The highest BCUT2D eigenvalue weighted by molar-refractivity contribution is 5.83. The minimum Gasteiger partial charge on any atom is -0.495 e. The van der Waals surface area contributed by atoms with Crippen LogP contribution in [0.25, 0.3) is 10.9 Å². The van der Waals surface area contributed by atoms with E-state index in [2.05, 4.69) is 15.2 Å². The van der Waals surface area contributed by atoms with Crippen molar-refractivity contribution in [1.29, 1.82) is 0 Å². The van der Waals surface area contributed by atoms with Crippen molar-refractivity contribution in [3.8, 4) is 5.75 Å². The van der Waals surface area contributed by atoms with E-state index in [4.69, 9.17) is 9.84 Å². The van der Waals surface area contributed by atoms with Crippen LogP contribution in [0.3, 0.4) is 0 Å². The van der Waals surface area contributed by atoms with Gasteiger partial charge in [0.15, 0.2) is 0 Å². The molecule has 0 radical (unpaired) electrons. The van der Waals surface area contributed by atoms with Crippen LogP contribution in [0.5, 0.6) is 5.75 Å². The van der Waals surface area contributed by atoms with E-state index in [0.717, 1.165) is 42.1 Å². The lowest BCUT2D eigenvalue weighted by Crippen LogP contribution is -2.51. The number of fused-ring (bicyclic) bond motifs is 3. The second kappa shape index (κ2) is 7.32. The Labute approximate surface area is 158 Å². The maximum Gasteiger partial charge on any atom is 0.404 e. The number of amides is 1. The van der Waals surface area contributed by atoms with E-state index in [1.807, 2.05) is 24.3 Å². The Hall–Kier alpha value is -2.38. The van der Waals surface area contributed by atoms with E-state index in [9.17, 15) is 9.90 Å². The zero-order valence-corrected chi connectivity index (χ0v) is 15.3. The first kappa shape index (κ1) is 18.0. The summed E-state index contributed by atoms with van der Waals surface area (Å²) >= 11 is 0. The van der Waals surface area contributed by atoms with E-state index in [-0.39, 0.29) is 6.04 Å². The largest absolute Gasteiger partial charge is 0.495 e. The molecule has 2 bridgehead atoms. The normalized spacial score (nSPS) is 26.1. The summed E-state index contributed by atoms with van der Waals surface area (Å²) in [5.74, 6) is 0.669. The van der Waals surface area contributed by atoms with E-state index in [1.54, 1.807) is 13.3 Å². The minimum atomic E-state index is -0.954. The van der Waals surface area contributed by atoms with Gasteiger partial charge in [-0.3, -0.25) is 9.88 Å². The van der Waals surface area contributed by atoms with Gasteiger partial charge in [0.2, 0.25) is 0 Å². The summed E-state index contributed by atoms with van der Waals surface area (Å²) in [6, 6.07) is 8.35. The highest BCUT2D eigenvalue weighted by Gasteiger charge is 2.41. The summed E-state index contributed by atoms with van der Waals surface area (Å²) in [6.45, 7) is 0.547. The van der Waals surface area contributed by atoms with E-state index < -0.39 is 12.2 Å². The molecule has 3 unspecified atom stereocenters. The highest BCUT2D eigenvalue weighted by Crippen LogP contribution is 2.37. The van der Waals surface area contributed by atoms with Crippen molar-refractivity contribution in [3.63, 3.8) is 0 Å². The second-order valence-corrected chi connectivity index (χ2v) is 7.50. The van der Waals surface area contributed by atoms with Gasteiger partial charge >= 0.3 is 6.09 Å². The van der Waals surface area contributed by atoms with E-state index >= 15 is 0 Å². The monoisotopic (exact) mass is 371 g/mol. The number of nitrogens with zero attached hydrogens (tertiary/aromatic N) is 2. The molecule has 3 heterocycles. The van der Waals surface area contributed by atoms with Crippen LogP contribution in [0.4, 0.5) is 4.79 Å². The van der Waals surface area contributed by atoms with Crippen LogP contribution < -0.4 is 10.1 Å². The molecule has 27 heavy (non-hydrogen) atoms. The Balaban J connectivity index is 1.52. The van der Waals surface area contributed by atoms with Crippen LogP contribution in [0, 0.1) is 0 Å². The summed E-state index contributed by atoms with van der Waals surface area (Å²) in [6.07, 6.45) is 3.82. The lowest BCUT2D eigenvalue weighted by Gasteiger charge is -2.39. The summed E-state index contributed by atoms with van der Waals surface area (Å²) in [5.41, 5.74) is 1.68. The molecule has 144 valence electrons. The van der Waals surface area contributed by atoms with Crippen LogP contribution in [0.15, 0.2) is 30.5 Å². The van der Waals surface area contributed by atoms with Crippen molar-refractivity contribution in [1.82, 2.24) is 15.2 Å². The first-order valence-corrected chi connectivity index (χ1v) is 9.41. The molecule has 1 aromatic carbocycles. The number of benzene rings is 1. The lowest BCUT2D eigenvalue weighted by molar-refractivity contribution is 0.0524. The fourth-order valence-electron chi connectivity index (χ4n) is 4.72. The van der Waals surface area contributed by atoms with Gasteiger partial charge in [0.25, 0.3) is 0 Å². The third-order valence-corrected chi connectivity index (χ3v) is 5.92. The smallest absolute Gasteiger partial charge is 0.404 e. The molecule has 1 amide bonds. The molecule has 2 aliphatic rings. The Morgan fingerprint density at radius 2 is 2.11 bits per heavy atom. The van der Waals surface area contributed by atoms with Crippen LogP contribution in [0.1, 0.15) is 37.4 Å². The maximum atomic E-state index is 11.0. The van der Waals surface area contributed by atoms with Gasteiger partial charge in [-0.1, -0.05) is 12.1 Å². The number of pyridine rings is 1. The molecule has 1 aromatic heterocycles. The average molecular weight is 371 g/mol. The number of aromatic nitrogens is 1. The molecule has 3 atom stereocenters. The molecule has 2 aliphatic heterocycles. The Morgan fingerprint density at radius 1 is 1.37 bits per heavy atom. The second-order valence-electron chi connectivity index (χ2n) is 7.50. The number of carboxylic acid groups (broad SMARTS) is 1. The van der Waals surface area contributed by atoms with Crippen molar-refractivity contribution in [3.05, 3.63) is 36.0 Å². The van der Waals surface area contributed by atoms with Gasteiger partial charge in [0, 0.05) is 30.1 Å². The topological polar surface area (TPSA) is 94.9 Å². The minimum absolute atomic E-state index is 0.0133. The number of aliphatic hydroxyl groups is 1. The highest BCUT2D eigenvalue weighted by atomic mass is 16.5. The number of aliphatic hydroxyl groups excluding tert-OH is 1. The molecule has 7 nitrogen and oxygen atoms in total. The van der Waals surface area contributed by atoms with Crippen LogP contribution in [-0.2, 0) is 0 Å². The average Bonchev–Trinajstić information content (AvgIpc) is 2.88. The third-order valence-electron chi connectivity index (χ3n) is 5.92. The standard InChI is InChI=1S/C20H25N3O4/c1-27-15-9-17-16(3-2-4-18(17)21-10-15)19(24)11-23-13-5-6-14(23)8-12(7-13)22-20(25)26/h2-4,9-10,12-14,19,22,24H,5-8,11H2,1H3,(H,25,26). The fourth-order valence-corrected chi connectivity index (χ4v) is 4.72. The number of carbonyl (C=O) groups is 1. The number of piperidine rings is 1. The number of hydrogen-bond donors (Lipinski definition) is 3. The number of methoxy groups -OCH3 is 1. The molecule has 2 saturated heterocycles. The van der Waals surface area contributed by atoms with Gasteiger partial charge in [-0.2, -0.15) is 0 Å². The Kier molecular flexibility index (Phi) is 4.88. The zero-order valence-electron chi connectivity index (χ0n) is 15.3. The van der Waals surface area contributed by atoms with Gasteiger partial charge in [-0.05, 0) is 43.4 Å². The number of ether oxygens (including phenoxy) is 1. The Bertz CT molecular complexity index is 829. The summed E-state index contributed by atoms with van der Waals surface area (Å²) in [4.78, 5) is 17.7. The molecule has 2 aromatic rings. The SMILES string of the molecule is COc1cnc2cccc(C(O)CN3C4CCC3CC(NC(=O)O)C4)c2c1. The first-order valence-electron chi connectivity index (χ1n) is 9.41. The molecule has 7 heteroatoms. The van der Waals surface area contributed by atoms with Gasteiger partial charge in [0.1, 0.15) is 5.75 Å². The van der Waals surface area contributed by atoms with E-state index in [1.165, 1.54) is 0 Å². The van der Waals surface area contributed by atoms with E-state index in [0.29, 0.717) is 24.4 Å². The van der Waals surface area contributed by atoms with Gasteiger partial charge in [0.05, 0.1) is 24.9 Å². The number of hydrogen-bond acceptors (Lipinski definition) is 5.